The summed E-state index contributed by atoms with van der Waals surface area (Å²) in [5, 5.41) is 10.2. The summed E-state index contributed by atoms with van der Waals surface area (Å²) in [6.45, 7) is 1.97. The van der Waals surface area contributed by atoms with Gasteiger partial charge in [-0.15, -0.1) is 0 Å². The predicted molar refractivity (Wildman–Crippen MR) is 103 cm³/mol. The molecular formula is C21H15ClN2O2. The van der Waals surface area contributed by atoms with E-state index in [4.69, 9.17) is 16.6 Å². The molecule has 0 atom stereocenters. The van der Waals surface area contributed by atoms with Gasteiger partial charge in [-0.3, -0.25) is 4.57 Å². The van der Waals surface area contributed by atoms with Crippen LogP contribution in [-0.2, 0) is 0 Å². The first kappa shape index (κ1) is 16.4. The quantitative estimate of drug-likeness (QED) is 0.534. The first-order valence-electron chi connectivity index (χ1n) is 8.13. The van der Waals surface area contributed by atoms with E-state index in [0.29, 0.717) is 21.9 Å². The summed E-state index contributed by atoms with van der Waals surface area (Å²) in [4.78, 5) is 16.5. The largest absolute Gasteiger partial charge is 0.478 e. The van der Waals surface area contributed by atoms with Crippen molar-refractivity contribution >= 4 is 28.6 Å². The Hall–Kier alpha value is -3.11. The van der Waals surface area contributed by atoms with Gasteiger partial charge in [0.05, 0.1) is 21.6 Å². The van der Waals surface area contributed by atoms with Crippen molar-refractivity contribution in [3.63, 3.8) is 0 Å². The lowest BCUT2D eigenvalue weighted by Gasteiger charge is -2.12. The maximum atomic E-state index is 11.8. The molecule has 0 spiro atoms. The lowest BCUT2D eigenvalue weighted by molar-refractivity contribution is 0.0698. The highest BCUT2D eigenvalue weighted by Crippen LogP contribution is 2.34. The Morgan fingerprint density at radius 1 is 1.04 bits per heavy atom. The molecule has 0 aliphatic carbocycles. The Kier molecular flexibility index (Phi) is 3.98. The molecule has 4 aromatic rings. The van der Waals surface area contributed by atoms with Gasteiger partial charge >= 0.3 is 5.97 Å². The number of rotatable bonds is 3. The zero-order valence-corrected chi connectivity index (χ0v) is 14.7. The van der Waals surface area contributed by atoms with Crippen molar-refractivity contribution in [2.45, 2.75) is 6.92 Å². The number of halogens is 1. The number of aromatic carboxylic acids is 1. The van der Waals surface area contributed by atoms with Gasteiger partial charge in [0.2, 0.25) is 0 Å². The third-order valence-corrected chi connectivity index (χ3v) is 4.60. The van der Waals surface area contributed by atoms with Crippen molar-refractivity contribution in [3.8, 4) is 17.1 Å². The minimum absolute atomic E-state index is 0.202. The first-order valence-corrected chi connectivity index (χ1v) is 8.51. The number of benzene rings is 3. The van der Waals surface area contributed by atoms with Crippen LogP contribution in [0.5, 0.6) is 0 Å². The van der Waals surface area contributed by atoms with Crippen LogP contribution in [-0.4, -0.2) is 20.6 Å². The zero-order chi connectivity index (χ0) is 18.3. The average Bonchev–Trinajstić information content (AvgIpc) is 3.01. The molecule has 4 nitrogen and oxygen atoms in total. The number of aryl methyl sites for hydroxylation is 1. The summed E-state index contributed by atoms with van der Waals surface area (Å²) in [6.07, 6.45) is 0. The average molecular weight is 363 g/mol. The van der Waals surface area contributed by atoms with Gasteiger partial charge < -0.3 is 5.11 Å². The number of aromatic nitrogens is 2. The van der Waals surface area contributed by atoms with Gasteiger partial charge in [-0.2, -0.15) is 0 Å². The molecule has 0 unspecified atom stereocenters. The monoisotopic (exact) mass is 362 g/mol. The molecule has 3 aromatic carbocycles. The molecule has 0 saturated carbocycles. The van der Waals surface area contributed by atoms with Crippen molar-refractivity contribution in [2.24, 2.45) is 0 Å². The van der Waals surface area contributed by atoms with Crippen LogP contribution in [0.3, 0.4) is 0 Å². The molecule has 0 fully saturated rings. The molecule has 0 aliphatic heterocycles. The molecule has 0 radical (unpaired) electrons. The maximum absolute atomic E-state index is 11.8. The third-order valence-electron chi connectivity index (χ3n) is 4.29. The van der Waals surface area contributed by atoms with Crippen LogP contribution in [0, 0.1) is 6.92 Å². The Bertz CT molecular complexity index is 1130. The highest BCUT2D eigenvalue weighted by atomic mass is 35.5. The van der Waals surface area contributed by atoms with E-state index in [2.05, 4.69) is 0 Å². The number of hydrogen-bond donors (Lipinski definition) is 1. The fraction of sp³-hybridized carbons (Fsp3) is 0.0476. The van der Waals surface area contributed by atoms with Crippen LogP contribution < -0.4 is 0 Å². The van der Waals surface area contributed by atoms with E-state index >= 15 is 0 Å². The van der Waals surface area contributed by atoms with E-state index in [1.165, 1.54) is 0 Å². The van der Waals surface area contributed by atoms with Gasteiger partial charge in [-0.05, 0) is 48.9 Å². The molecule has 1 heterocycles. The van der Waals surface area contributed by atoms with Crippen LogP contribution in [0.4, 0.5) is 0 Å². The number of imidazole rings is 1. The van der Waals surface area contributed by atoms with Gasteiger partial charge in [0.1, 0.15) is 5.82 Å². The van der Waals surface area contributed by atoms with Crippen molar-refractivity contribution in [2.75, 3.05) is 0 Å². The molecule has 0 amide bonds. The van der Waals surface area contributed by atoms with Crippen LogP contribution in [0.15, 0.2) is 66.7 Å². The number of hydrogen-bond acceptors (Lipinski definition) is 2. The van der Waals surface area contributed by atoms with Crippen LogP contribution in [0.1, 0.15) is 15.9 Å². The fourth-order valence-electron chi connectivity index (χ4n) is 3.11. The Morgan fingerprint density at radius 2 is 1.81 bits per heavy atom. The summed E-state index contributed by atoms with van der Waals surface area (Å²) >= 11 is 6.48. The Labute approximate surface area is 155 Å². The number of carboxylic acid groups (broad SMARTS) is 1. The van der Waals surface area contributed by atoms with Gasteiger partial charge in [-0.1, -0.05) is 41.9 Å². The second-order valence-electron chi connectivity index (χ2n) is 6.07. The predicted octanol–water partition coefficient (Wildman–Crippen LogP) is 5.35. The second kappa shape index (κ2) is 6.32. The molecule has 1 aromatic heterocycles. The third kappa shape index (κ3) is 2.65. The minimum atomic E-state index is -0.991. The highest BCUT2D eigenvalue weighted by Gasteiger charge is 2.21. The Balaban J connectivity index is 2.14. The topological polar surface area (TPSA) is 55.1 Å². The number of carbonyl (C=O) groups is 1. The van der Waals surface area contributed by atoms with Crippen molar-refractivity contribution < 1.29 is 9.90 Å². The van der Waals surface area contributed by atoms with E-state index in [9.17, 15) is 9.90 Å². The molecule has 0 saturated heterocycles. The van der Waals surface area contributed by atoms with Crippen molar-refractivity contribution in [1.29, 1.82) is 0 Å². The smallest absolute Gasteiger partial charge is 0.337 e. The molecule has 1 N–H and O–H groups in total. The van der Waals surface area contributed by atoms with Crippen LogP contribution in [0.25, 0.3) is 28.1 Å². The Morgan fingerprint density at radius 3 is 2.50 bits per heavy atom. The molecule has 26 heavy (non-hydrogen) atoms. The fourth-order valence-corrected chi connectivity index (χ4v) is 3.43. The number of para-hydroxylation sites is 2. The van der Waals surface area contributed by atoms with E-state index in [0.717, 1.165) is 16.8 Å². The lowest BCUT2D eigenvalue weighted by Crippen LogP contribution is -2.03. The van der Waals surface area contributed by atoms with E-state index in [1.54, 1.807) is 12.1 Å². The zero-order valence-electron chi connectivity index (χ0n) is 14.0. The summed E-state index contributed by atoms with van der Waals surface area (Å²) in [6, 6.07) is 20.4. The molecule has 5 heteroatoms. The number of carboxylic acids is 1. The lowest BCUT2D eigenvalue weighted by atomic mass is 10.1. The minimum Gasteiger partial charge on any atom is -0.478 e. The molecular weight excluding hydrogens is 348 g/mol. The van der Waals surface area contributed by atoms with E-state index in [-0.39, 0.29) is 5.56 Å². The van der Waals surface area contributed by atoms with Gasteiger partial charge in [-0.25, -0.2) is 9.78 Å². The second-order valence-corrected chi connectivity index (χ2v) is 6.48. The first-order chi connectivity index (χ1) is 12.6. The number of fused-ring (bicyclic) bond motifs is 1. The molecule has 0 aliphatic rings. The van der Waals surface area contributed by atoms with E-state index < -0.39 is 5.97 Å². The summed E-state index contributed by atoms with van der Waals surface area (Å²) in [7, 11) is 0. The summed E-state index contributed by atoms with van der Waals surface area (Å²) < 4.78 is 1.86. The van der Waals surface area contributed by atoms with Gasteiger partial charge in [0.15, 0.2) is 0 Å². The summed E-state index contributed by atoms with van der Waals surface area (Å²) in [5.74, 6) is -0.376. The van der Waals surface area contributed by atoms with Gasteiger partial charge in [0.25, 0.3) is 0 Å². The molecule has 128 valence electrons. The number of nitrogens with zero attached hydrogens (tertiary/aromatic N) is 2. The van der Waals surface area contributed by atoms with Crippen molar-refractivity contribution in [3.05, 3.63) is 82.9 Å². The normalized spacial score (nSPS) is 11.0. The summed E-state index contributed by atoms with van der Waals surface area (Å²) in [5.41, 5.74) is 4.00. The van der Waals surface area contributed by atoms with E-state index in [1.807, 2.05) is 66.1 Å². The molecule has 4 rings (SSSR count). The molecule has 0 bridgehead atoms. The highest BCUT2D eigenvalue weighted by molar-refractivity contribution is 6.33. The van der Waals surface area contributed by atoms with Gasteiger partial charge in [0, 0.05) is 11.3 Å². The standard InChI is InChI=1S/C21H15ClN2O2/c1-13-10-11-15(17(22)12-13)20-23-18-9-5-8-16(21(25)26)19(18)24(20)14-6-3-2-4-7-14/h2-12H,1H3,(H,25,26). The van der Waals surface area contributed by atoms with Crippen molar-refractivity contribution in [1.82, 2.24) is 9.55 Å². The maximum Gasteiger partial charge on any atom is 0.337 e. The van der Waals surface area contributed by atoms with Crippen LogP contribution >= 0.6 is 11.6 Å². The van der Waals surface area contributed by atoms with Crippen LogP contribution in [0.2, 0.25) is 5.02 Å². The SMILES string of the molecule is Cc1ccc(-c2nc3cccc(C(=O)O)c3n2-c2ccccc2)c(Cl)c1.